The van der Waals surface area contributed by atoms with Crippen LogP contribution in [0.2, 0.25) is 0 Å². The van der Waals surface area contributed by atoms with E-state index in [1.807, 2.05) is 16.8 Å². The van der Waals surface area contributed by atoms with Gasteiger partial charge in [0.1, 0.15) is 11.6 Å². The van der Waals surface area contributed by atoms with Gasteiger partial charge in [-0.3, -0.25) is 4.79 Å². The highest BCUT2D eigenvalue weighted by atomic mass is 32.1. The van der Waals surface area contributed by atoms with Crippen LogP contribution in [0, 0.1) is 5.82 Å². The van der Waals surface area contributed by atoms with E-state index in [4.69, 9.17) is 5.73 Å². The Labute approximate surface area is 120 Å². The molecule has 3 rings (SSSR count). The predicted molar refractivity (Wildman–Crippen MR) is 75.8 cm³/mol. The Kier molecular flexibility index (Phi) is 3.40. The zero-order chi connectivity index (χ0) is 14.1. The number of pyridine rings is 1. The van der Waals surface area contributed by atoms with Gasteiger partial charge in [-0.25, -0.2) is 9.37 Å². The van der Waals surface area contributed by atoms with Gasteiger partial charge in [0, 0.05) is 12.6 Å². The summed E-state index contributed by atoms with van der Waals surface area (Å²) < 4.78 is 13.3. The smallest absolute Gasteiger partial charge is 0.258 e. The van der Waals surface area contributed by atoms with Gasteiger partial charge in [0.2, 0.25) is 0 Å². The lowest BCUT2D eigenvalue weighted by molar-refractivity contribution is 0.0730. The van der Waals surface area contributed by atoms with Crippen molar-refractivity contribution in [2.75, 3.05) is 5.73 Å². The van der Waals surface area contributed by atoms with E-state index in [1.165, 1.54) is 0 Å². The molecule has 104 valence electrons. The molecule has 1 aliphatic carbocycles. The second kappa shape index (κ2) is 5.20. The summed E-state index contributed by atoms with van der Waals surface area (Å²) in [6.07, 6.45) is 2.99. The third-order valence-corrected chi connectivity index (χ3v) is 4.03. The maximum Gasteiger partial charge on any atom is 0.258 e. The van der Waals surface area contributed by atoms with Gasteiger partial charge >= 0.3 is 0 Å². The van der Waals surface area contributed by atoms with E-state index in [-0.39, 0.29) is 23.3 Å². The Bertz CT molecular complexity index is 625. The maximum atomic E-state index is 13.3. The van der Waals surface area contributed by atoms with E-state index in [9.17, 15) is 9.18 Å². The van der Waals surface area contributed by atoms with Crippen LogP contribution in [0.5, 0.6) is 0 Å². The Morgan fingerprint density at radius 1 is 1.55 bits per heavy atom. The number of amides is 1. The lowest BCUT2D eigenvalue weighted by Gasteiger charge is -2.22. The number of anilines is 1. The fraction of sp³-hybridized carbons (Fsp3) is 0.286. The van der Waals surface area contributed by atoms with Crippen molar-refractivity contribution in [1.82, 2.24) is 9.88 Å². The van der Waals surface area contributed by atoms with Crippen LogP contribution in [-0.2, 0) is 6.54 Å². The molecule has 2 aromatic heterocycles. The number of aromatic nitrogens is 1. The quantitative estimate of drug-likeness (QED) is 0.942. The van der Waals surface area contributed by atoms with Crippen LogP contribution < -0.4 is 5.73 Å². The lowest BCUT2D eigenvalue weighted by atomic mass is 10.2. The summed E-state index contributed by atoms with van der Waals surface area (Å²) >= 11 is 1.59. The second-order valence-corrected chi connectivity index (χ2v) is 5.66. The summed E-state index contributed by atoms with van der Waals surface area (Å²) in [5.74, 6) is -0.718. The molecule has 0 bridgehead atoms. The molecule has 0 saturated heterocycles. The summed E-state index contributed by atoms with van der Waals surface area (Å²) in [6.45, 7) is 0.531. The number of nitrogens with two attached hydrogens (primary N) is 1. The number of rotatable bonds is 4. The molecule has 1 aliphatic rings. The third kappa shape index (κ3) is 2.65. The van der Waals surface area contributed by atoms with Crippen LogP contribution >= 0.6 is 11.3 Å². The Hall–Kier alpha value is -1.95. The van der Waals surface area contributed by atoms with Gasteiger partial charge < -0.3 is 10.6 Å². The molecule has 6 heteroatoms. The number of carbonyl (C=O) groups excluding carboxylic acids is 1. The van der Waals surface area contributed by atoms with Crippen LogP contribution in [-0.4, -0.2) is 21.8 Å². The maximum absolute atomic E-state index is 13.3. The molecule has 20 heavy (non-hydrogen) atoms. The average Bonchev–Trinajstić information content (AvgIpc) is 3.15. The van der Waals surface area contributed by atoms with Crippen LogP contribution in [0.15, 0.2) is 29.1 Å². The predicted octanol–water partition coefficient (Wildman–Crippen LogP) is 2.67. The number of thiophene rings is 1. The largest absolute Gasteiger partial charge is 0.383 e. The molecule has 0 atom stereocenters. The molecule has 4 nitrogen and oxygen atoms in total. The van der Waals surface area contributed by atoms with Crippen molar-refractivity contribution < 1.29 is 9.18 Å². The molecular weight excluding hydrogens is 277 g/mol. The molecule has 0 radical (unpaired) electrons. The van der Waals surface area contributed by atoms with E-state index < -0.39 is 5.82 Å². The zero-order valence-corrected chi connectivity index (χ0v) is 11.6. The minimum atomic E-state index is -0.547. The standard InChI is InChI=1S/C14H14FN3OS/c15-10-5-12(13(16)17-6-10)14(19)18(11-1-2-11)7-9-3-4-20-8-9/h3-6,8,11H,1-2,7H2,(H2,16,17). The number of hydrogen-bond acceptors (Lipinski definition) is 4. The Balaban J connectivity index is 1.87. The van der Waals surface area contributed by atoms with E-state index in [0.29, 0.717) is 6.54 Å². The van der Waals surface area contributed by atoms with E-state index in [0.717, 1.165) is 30.7 Å². The van der Waals surface area contributed by atoms with Crippen molar-refractivity contribution in [3.8, 4) is 0 Å². The van der Waals surface area contributed by atoms with Crippen LogP contribution in [0.25, 0.3) is 0 Å². The highest BCUT2D eigenvalue weighted by molar-refractivity contribution is 7.07. The number of nitrogen functional groups attached to an aromatic ring is 1. The number of halogens is 1. The van der Waals surface area contributed by atoms with Gasteiger partial charge in [-0.1, -0.05) is 0 Å². The Morgan fingerprint density at radius 3 is 3.00 bits per heavy atom. The minimum Gasteiger partial charge on any atom is -0.383 e. The normalized spacial score (nSPS) is 14.2. The minimum absolute atomic E-state index is 0.0763. The van der Waals surface area contributed by atoms with Gasteiger partial charge in [-0.2, -0.15) is 11.3 Å². The lowest BCUT2D eigenvalue weighted by Crippen LogP contribution is -2.33. The van der Waals surface area contributed by atoms with Crippen molar-refractivity contribution in [3.05, 3.63) is 46.0 Å². The van der Waals surface area contributed by atoms with Crippen molar-refractivity contribution in [1.29, 1.82) is 0 Å². The zero-order valence-electron chi connectivity index (χ0n) is 10.8. The molecule has 0 aromatic carbocycles. The van der Waals surface area contributed by atoms with Crippen molar-refractivity contribution >= 4 is 23.1 Å². The summed E-state index contributed by atoms with van der Waals surface area (Å²) in [5, 5.41) is 3.98. The fourth-order valence-electron chi connectivity index (χ4n) is 2.11. The van der Waals surface area contributed by atoms with Gasteiger partial charge in [0.25, 0.3) is 5.91 Å². The summed E-state index contributed by atoms with van der Waals surface area (Å²) in [5.41, 5.74) is 6.93. The fourth-order valence-corrected chi connectivity index (χ4v) is 2.77. The average molecular weight is 291 g/mol. The molecule has 0 spiro atoms. The Morgan fingerprint density at radius 2 is 2.35 bits per heavy atom. The molecule has 1 saturated carbocycles. The van der Waals surface area contributed by atoms with Crippen LogP contribution in [0.1, 0.15) is 28.8 Å². The molecular formula is C14H14FN3OS. The van der Waals surface area contributed by atoms with Crippen LogP contribution in [0.4, 0.5) is 10.2 Å². The molecule has 0 unspecified atom stereocenters. The van der Waals surface area contributed by atoms with Gasteiger partial charge in [0.15, 0.2) is 0 Å². The summed E-state index contributed by atoms with van der Waals surface area (Å²) in [6, 6.07) is 3.37. The van der Waals surface area contributed by atoms with E-state index >= 15 is 0 Å². The molecule has 2 N–H and O–H groups in total. The van der Waals surface area contributed by atoms with Crippen LogP contribution in [0.3, 0.4) is 0 Å². The van der Waals surface area contributed by atoms with Gasteiger partial charge in [-0.05, 0) is 41.3 Å². The van der Waals surface area contributed by atoms with E-state index in [2.05, 4.69) is 4.98 Å². The summed E-state index contributed by atoms with van der Waals surface area (Å²) in [7, 11) is 0. The molecule has 1 amide bonds. The monoisotopic (exact) mass is 291 g/mol. The van der Waals surface area contributed by atoms with Crippen molar-refractivity contribution in [3.63, 3.8) is 0 Å². The summed E-state index contributed by atoms with van der Waals surface area (Å²) in [4.78, 5) is 18.0. The number of carbonyl (C=O) groups is 1. The highest BCUT2D eigenvalue weighted by Gasteiger charge is 2.34. The SMILES string of the molecule is Nc1ncc(F)cc1C(=O)N(Cc1ccsc1)C1CC1. The first-order valence-corrected chi connectivity index (χ1v) is 7.32. The molecule has 2 aromatic rings. The van der Waals surface area contributed by atoms with Gasteiger partial charge in [0.05, 0.1) is 11.8 Å². The topological polar surface area (TPSA) is 59.2 Å². The first-order chi connectivity index (χ1) is 9.65. The first-order valence-electron chi connectivity index (χ1n) is 6.38. The molecule has 2 heterocycles. The third-order valence-electron chi connectivity index (χ3n) is 3.30. The molecule has 0 aliphatic heterocycles. The second-order valence-electron chi connectivity index (χ2n) is 4.88. The van der Waals surface area contributed by atoms with Crippen molar-refractivity contribution in [2.24, 2.45) is 0 Å². The van der Waals surface area contributed by atoms with E-state index in [1.54, 1.807) is 16.2 Å². The number of nitrogens with zero attached hydrogens (tertiary/aromatic N) is 2. The van der Waals surface area contributed by atoms with Crippen molar-refractivity contribution in [2.45, 2.75) is 25.4 Å². The number of hydrogen-bond donors (Lipinski definition) is 1. The first kappa shape index (κ1) is 13.1. The highest BCUT2D eigenvalue weighted by Crippen LogP contribution is 2.31. The molecule has 1 fully saturated rings. The van der Waals surface area contributed by atoms with Gasteiger partial charge in [-0.15, -0.1) is 0 Å².